The molecule has 1 aromatic heterocycles. The molecule has 2 aromatic rings. The zero-order valence-corrected chi connectivity index (χ0v) is 14.7. The maximum atomic E-state index is 6.27. The summed E-state index contributed by atoms with van der Waals surface area (Å²) in [4.78, 5) is 4.61. The van der Waals surface area contributed by atoms with E-state index in [2.05, 4.69) is 22.7 Å². The lowest BCUT2D eigenvalue weighted by atomic mass is 10.2. The third-order valence-corrected chi connectivity index (χ3v) is 4.94. The van der Waals surface area contributed by atoms with E-state index in [1.807, 2.05) is 24.8 Å². The normalized spacial score (nSPS) is 14.7. The molecule has 0 N–H and O–H groups in total. The van der Waals surface area contributed by atoms with E-state index in [0.717, 1.165) is 29.2 Å². The van der Waals surface area contributed by atoms with Crippen LogP contribution in [0, 0.1) is 5.92 Å². The number of hydrogen-bond donors (Lipinski definition) is 0. The summed E-state index contributed by atoms with van der Waals surface area (Å²) in [7, 11) is 0. The fourth-order valence-electron chi connectivity index (χ4n) is 2.28. The number of rotatable bonds is 5. The summed E-state index contributed by atoms with van der Waals surface area (Å²) in [5.74, 6) is 2.50. The minimum atomic E-state index is -0.151. The molecule has 110 valence electrons. The zero-order valence-electron chi connectivity index (χ0n) is 11.7. The smallest absolute Gasteiger partial charge is 0.127 e. The summed E-state index contributed by atoms with van der Waals surface area (Å²) in [6.45, 7) is 5.03. The lowest BCUT2D eigenvalue weighted by molar-refractivity contribution is 0.524. The Morgan fingerprint density at radius 1 is 1.25 bits per heavy atom. The topological polar surface area (TPSA) is 17.8 Å². The van der Waals surface area contributed by atoms with Crippen LogP contribution < -0.4 is 0 Å². The summed E-state index contributed by atoms with van der Waals surface area (Å²) < 4.78 is 2.16. The van der Waals surface area contributed by atoms with Crippen LogP contribution in [0.3, 0.4) is 0 Å². The predicted octanol–water partition coefficient (Wildman–Crippen LogP) is 5.64. The van der Waals surface area contributed by atoms with Gasteiger partial charge in [0.15, 0.2) is 0 Å². The van der Waals surface area contributed by atoms with Crippen molar-refractivity contribution >= 4 is 57.6 Å². The summed E-state index contributed by atoms with van der Waals surface area (Å²) in [6.07, 6.45) is 2.12. The van der Waals surface area contributed by atoms with Crippen LogP contribution in [0.1, 0.15) is 25.0 Å². The summed E-state index contributed by atoms with van der Waals surface area (Å²) >= 11 is 20.3. The first-order valence-corrected chi connectivity index (χ1v) is 9.00. The van der Waals surface area contributed by atoms with Gasteiger partial charge in [0.25, 0.3) is 0 Å². The molecule has 2 atom stereocenters. The Bertz CT molecular complexity index is 610. The van der Waals surface area contributed by atoms with Gasteiger partial charge >= 0.3 is 0 Å². The van der Waals surface area contributed by atoms with E-state index >= 15 is 0 Å². The van der Waals surface area contributed by atoms with Gasteiger partial charge in [-0.15, -0.1) is 11.6 Å². The van der Waals surface area contributed by atoms with E-state index < -0.39 is 0 Å². The Morgan fingerprint density at radius 3 is 2.50 bits per heavy atom. The zero-order chi connectivity index (χ0) is 14.9. The molecule has 0 fully saturated rings. The number of fused-ring (bicyclic) bond motifs is 1. The molecule has 1 heterocycles. The van der Waals surface area contributed by atoms with Gasteiger partial charge in [0, 0.05) is 6.54 Å². The molecule has 0 radical (unpaired) electrons. The third-order valence-electron chi connectivity index (χ3n) is 3.12. The maximum Gasteiger partial charge on any atom is 0.127 e. The highest BCUT2D eigenvalue weighted by atomic mass is 35.5. The summed E-state index contributed by atoms with van der Waals surface area (Å²) in [5.41, 5.74) is 1.84. The second kappa shape index (κ2) is 6.78. The van der Waals surface area contributed by atoms with E-state index in [4.69, 9.17) is 34.8 Å². The highest BCUT2D eigenvalue weighted by Gasteiger charge is 2.18. The molecule has 0 aliphatic heterocycles. The van der Waals surface area contributed by atoms with Crippen molar-refractivity contribution in [1.82, 2.24) is 9.55 Å². The molecule has 0 saturated carbocycles. The molecular weight excluding hydrogens is 335 g/mol. The van der Waals surface area contributed by atoms with Crippen molar-refractivity contribution < 1.29 is 0 Å². The number of nitrogens with zero attached hydrogens (tertiary/aromatic N) is 2. The molecule has 0 aliphatic carbocycles. The molecular formula is C14H17Cl3N2S. The van der Waals surface area contributed by atoms with Gasteiger partial charge in [-0.2, -0.15) is 11.8 Å². The van der Waals surface area contributed by atoms with E-state index in [1.54, 1.807) is 6.07 Å². The number of hydrogen-bond acceptors (Lipinski definition) is 2. The first kappa shape index (κ1) is 16.3. The standard InChI is InChI=1S/C14H17Cl3N2S/c1-8(7-20-3)6-19-13-5-11(17)10(16)4-12(13)18-14(19)9(2)15/h4-5,8-9H,6-7H2,1-3H3. The van der Waals surface area contributed by atoms with Crippen molar-refractivity contribution in [2.24, 2.45) is 5.92 Å². The van der Waals surface area contributed by atoms with Crippen LogP contribution in [0.5, 0.6) is 0 Å². The quantitative estimate of drug-likeness (QED) is 0.648. The van der Waals surface area contributed by atoms with Crippen LogP contribution in [0.2, 0.25) is 10.0 Å². The Labute approximate surface area is 138 Å². The van der Waals surface area contributed by atoms with Crippen LogP contribution in [0.25, 0.3) is 11.0 Å². The number of aromatic nitrogens is 2. The largest absolute Gasteiger partial charge is 0.326 e. The number of thioether (sulfide) groups is 1. The van der Waals surface area contributed by atoms with Crippen molar-refractivity contribution in [1.29, 1.82) is 0 Å². The Morgan fingerprint density at radius 2 is 1.90 bits per heavy atom. The highest BCUT2D eigenvalue weighted by molar-refractivity contribution is 7.98. The van der Waals surface area contributed by atoms with Crippen molar-refractivity contribution in [3.8, 4) is 0 Å². The van der Waals surface area contributed by atoms with E-state index in [9.17, 15) is 0 Å². The monoisotopic (exact) mass is 350 g/mol. The summed E-state index contributed by atoms with van der Waals surface area (Å²) in [6, 6.07) is 3.68. The lowest BCUT2D eigenvalue weighted by Gasteiger charge is -2.15. The van der Waals surface area contributed by atoms with E-state index in [0.29, 0.717) is 16.0 Å². The van der Waals surface area contributed by atoms with Crippen molar-refractivity contribution in [3.05, 3.63) is 28.0 Å². The number of halogens is 3. The molecule has 2 nitrogen and oxygen atoms in total. The molecule has 0 spiro atoms. The second-order valence-electron chi connectivity index (χ2n) is 5.01. The van der Waals surface area contributed by atoms with Crippen molar-refractivity contribution in [2.75, 3.05) is 12.0 Å². The predicted molar refractivity (Wildman–Crippen MR) is 91.6 cm³/mol. The van der Waals surface area contributed by atoms with Crippen LogP contribution in [-0.4, -0.2) is 21.6 Å². The molecule has 0 bridgehead atoms. The van der Waals surface area contributed by atoms with Crippen LogP contribution in [0.15, 0.2) is 12.1 Å². The van der Waals surface area contributed by atoms with Crippen LogP contribution in [-0.2, 0) is 6.54 Å². The van der Waals surface area contributed by atoms with Gasteiger partial charge in [0.05, 0.1) is 26.5 Å². The minimum absolute atomic E-state index is 0.151. The molecule has 0 aliphatic rings. The Hall–Kier alpha value is -0.0900. The van der Waals surface area contributed by atoms with Gasteiger partial charge in [-0.3, -0.25) is 0 Å². The Kier molecular flexibility index (Phi) is 5.52. The van der Waals surface area contributed by atoms with Gasteiger partial charge in [-0.1, -0.05) is 30.1 Å². The second-order valence-corrected chi connectivity index (χ2v) is 7.39. The molecule has 0 amide bonds. The average Bonchev–Trinajstić information content (AvgIpc) is 2.69. The summed E-state index contributed by atoms with van der Waals surface area (Å²) in [5, 5.41) is 0.919. The van der Waals surface area contributed by atoms with Crippen LogP contribution >= 0.6 is 46.6 Å². The molecule has 0 saturated heterocycles. The molecule has 6 heteroatoms. The lowest BCUT2D eigenvalue weighted by Crippen LogP contribution is -2.13. The van der Waals surface area contributed by atoms with Crippen molar-refractivity contribution in [3.63, 3.8) is 0 Å². The van der Waals surface area contributed by atoms with Crippen LogP contribution in [0.4, 0.5) is 0 Å². The minimum Gasteiger partial charge on any atom is -0.326 e. The molecule has 2 rings (SSSR count). The first-order valence-electron chi connectivity index (χ1n) is 6.42. The van der Waals surface area contributed by atoms with Gasteiger partial charge in [0.2, 0.25) is 0 Å². The van der Waals surface area contributed by atoms with E-state index in [-0.39, 0.29) is 5.38 Å². The number of imidazole rings is 1. The van der Waals surface area contributed by atoms with E-state index in [1.165, 1.54) is 0 Å². The van der Waals surface area contributed by atoms with Gasteiger partial charge in [-0.25, -0.2) is 4.98 Å². The first-order chi connectivity index (χ1) is 9.43. The third kappa shape index (κ3) is 3.38. The molecule has 20 heavy (non-hydrogen) atoms. The Balaban J connectivity index is 2.53. The maximum absolute atomic E-state index is 6.27. The SMILES string of the molecule is CSCC(C)Cn1c(C(C)Cl)nc2cc(Cl)c(Cl)cc21. The van der Waals surface area contributed by atoms with Gasteiger partial charge in [0.1, 0.15) is 5.82 Å². The number of benzene rings is 1. The average molecular weight is 352 g/mol. The molecule has 2 unspecified atom stereocenters. The fraction of sp³-hybridized carbons (Fsp3) is 0.500. The van der Waals surface area contributed by atoms with Gasteiger partial charge in [-0.05, 0) is 37.0 Å². The van der Waals surface area contributed by atoms with Gasteiger partial charge < -0.3 is 4.57 Å². The fourth-order valence-corrected chi connectivity index (χ4v) is 3.44. The van der Waals surface area contributed by atoms with Crippen molar-refractivity contribution in [2.45, 2.75) is 25.8 Å². The highest BCUT2D eigenvalue weighted by Crippen LogP contribution is 2.31. The number of alkyl halides is 1. The molecule has 1 aromatic carbocycles.